The van der Waals surface area contributed by atoms with Gasteiger partial charge < -0.3 is 15.4 Å². The zero-order valence-corrected chi connectivity index (χ0v) is 18.7. The molecule has 0 aromatic carbocycles. The van der Waals surface area contributed by atoms with Gasteiger partial charge in [-0.25, -0.2) is 0 Å². The quantitative estimate of drug-likeness (QED) is 0.291. The maximum Gasteiger partial charge on any atom is 0.306 e. The summed E-state index contributed by atoms with van der Waals surface area (Å²) < 4.78 is 5.51. The van der Waals surface area contributed by atoms with Crippen LogP contribution in [-0.4, -0.2) is 56.7 Å². The van der Waals surface area contributed by atoms with Gasteiger partial charge in [-0.3, -0.25) is 14.7 Å². The van der Waals surface area contributed by atoms with Gasteiger partial charge in [-0.15, -0.1) is 11.3 Å². The van der Waals surface area contributed by atoms with E-state index in [1.165, 1.54) is 30.6 Å². The van der Waals surface area contributed by atoms with Gasteiger partial charge >= 0.3 is 5.97 Å². The molecule has 7 heteroatoms. The first-order valence-corrected chi connectivity index (χ1v) is 11.9. The Bertz CT molecular complexity index is 643. The lowest BCUT2D eigenvalue weighted by atomic mass is 9.88. The summed E-state index contributed by atoms with van der Waals surface area (Å²) in [6.45, 7) is 2.78. The van der Waals surface area contributed by atoms with E-state index in [2.05, 4.69) is 45.1 Å². The van der Waals surface area contributed by atoms with Crippen LogP contribution in [0, 0.1) is 5.92 Å². The number of piperidine rings is 1. The third kappa shape index (κ3) is 6.71. The summed E-state index contributed by atoms with van der Waals surface area (Å²) in [5.74, 6) is 1.31. The van der Waals surface area contributed by atoms with Crippen molar-refractivity contribution in [3.63, 3.8) is 0 Å². The first-order valence-electron chi connectivity index (χ1n) is 11.0. The molecule has 1 aliphatic heterocycles. The van der Waals surface area contributed by atoms with Crippen LogP contribution in [0.25, 0.3) is 0 Å². The number of ether oxygens (including phenoxy) is 1. The Morgan fingerprint density at radius 1 is 1.28 bits per heavy atom. The molecule has 2 aliphatic rings. The van der Waals surface area contributed by atoms with Crippen molar-refractivity contribution in [1.82, 2.24) is 15.5 Å². The SMILES string of the molecule is CN=C(NCCCC(=O)OC1CCCC1)NCC1CCCN(C)C1c1cccs1. The molecule has 162 valence electrons. The lowest BCUT2D eigenvalue weighted by Crippen LogP contribution is -2.45. The number of carbonyl (C=O) groups is 1. The van der Waals surface area contributed by atoms with Gasteiger partial charge in [0, 0.05) is 37.5 Å². The molecule has 1 aromatic rings. The number of thiophene rings is 1. The van der Waals surface area contributed by atoms with Gasteiger partial charge in [0.1, 0.15) is 6.10 Å². The standard InChI is InChI=1S/C22H36N4O2S/c1-23-22(24-13-5-12-20(27)28-18-9-3-4-10-18)25-16-17-8-6-14-26(2)21(17)19-11-7-15-29-19/h7,11,15,17-18,21H,3-6,8-10,12-14,16H2,1-2H3,(H2,23,24,25). The highest BCUT2D eigenvalue weighted by Gasteiger charge is 2.31. The van der Waals surface area contributed by atoms with E-state index in [4.69, 9.17) is 4.74 Å². The predicted octanol–water partition coefficient (Wildman–Crippen LogP) is 3.56. The summed E-state index contributed by atoms with van der Waals surface area (Å²) in [4.78, 5) is 20.2. The van der Waals surface area contributed by atoms with Crippen LogP contribution >= 0.6 is 11.3 Å². The van der Waals surface area contributed by atoms with Gasteiger partial charge in [0.15, 0.2) is 5.96 Å². The van der Waals surface area contributed by atoms with Crippen molar-refractivity contribution < 1.29 is 9.53 Å². The highest BCUT2D eigenvalue weighted by molar-refractivity contribution is 7.10. The van der Waals surface area contributed by atoms with Gasteiger partial charge in [-0.05, 0) is 75.9 Å². The number of aliphatic imine (C=N–C) groups is 1. The second-order valence-corrected chi connectivity index (χ2v) is 9.20. The Hall–Kier alpha value is -1.60. The fraction of sp³-hybridized carbons (Fsp3) is 0.727. The van der Waals surface area contributed by atoms with E-state index in [1.807, 2.05) is 11.3 Å². The first-order chi connectivity index (χ1) is 14.2. The number of esters is 1. The zero-order valence-electron chi connectivity index (χ0n) is 17.9. The number of hydrogen-bond donors (Lipinski definition) is 2. The number of guanidine groups is 1. The molecule has 1 saturated heterocycles. The summed E-state index contributed by atoms with van der Waals surface area (Å²) >= 11 is 1.85. The largest absolute Gasteiger partial charge is 0.462 e. The summed E-state index contributed by atoms with van der Waals surface area (Å²) in [5.41, 5.74) is 0. The van der Waals surface area contributed by atoms with Gasteiger partial charge in [0.2, 0.25) is 0 Å². The van der Waals surface area contributed by atoms with E-state index in [0.29, 0.717) is 18.4 Å². The maximum atomic E-state index is 11.9. The van der Waals surface area contributed by atoms with Crippen LogP contribution < -0.4 is 10.6 Å². The van der Waals surface area contributed by atoms with E-state index >= 15 is 0 Å². The van der Waals surface area contributed by atoms with Crippen LogP contribution in [0.2, 0.25) is 0 Å². The van der Waals surface area contributed by atoms with Gasteiger partial charge in [0.25, 0.3) is 0 Å². The van der Waals surface area contributed by atoms with Crippen molar-refractivity contribution in [2.45, 2.75) is 63.5 Å². The first kappa shape index (κ1) is 22.1. The van der Waals surface area contributed by atoms with Gasteiger partial charge in [-0.2, -0.15) is 0 Å². The van der Waals surface area contributed by atoms with Crippen LogP contribution in [0.4, 0.5) is 0 Å². The summed E-state index contributed by atoms with van der Waals surface area (Å²) in [6, 6.07) is 4.87. The third-order valence-electron chi connectivity index (χ3n) is 6.05. The second-order valence-electron chi connectivity index (χ2n) is 8.22. The van der Waals surface area contributed by atoms with Crippen LogP contribution in [0.1, 0.15) is 62.3 Å². The zero-order chi connectivity index (χ0) is 20.5. The van der Waals surface area contributed by atoms with E-state index in [1.54, 1.807) is 7.05 Å². The average molecular weight is 421 g/mol. The van der Waals surface area contributed by atoms with Crippen molar-refractivity contribution in [3.05, 3.63) is 22.4 Å². The van der Waals surface area contributed by atoms with Crippen LogP contribution in [0.5, 0.6) is 0 Å². The van der Waals surface area contributed by atoms with Crippen LogP contribution in [0.15, 0.2) is 22.5 Å². The molecule has 3 rings (SSSR count). The van der Waals surface area contributed by atoms with Crippen LogP contribution in [-0.2, 0) is 9.53 Å². The number of likely N-dealkylation sites (tertiary alicyclic amines) is 1. The molecule has 6 nitrogen and oxygen atoms in total. The normalized spacial score (nSPS) is 23.9. The lowest BCUT2D eigenvalue weighted by Gasteiger charge is -2.39. The third-order valence-corrected chi connectivity index (χ3v) is 6.99. The molecule has 1 aromatic heterocycles. The molecule has 2 N–H and O–H groups in total. The number of carbonyl (C=O) groups excluding carboxylic acids is 1. The van der Waals surface area contributed by atoms with Crippen LogP contribution in [0.3, 0.4) is 0 Å². The Balaban J connectivity index is 1.37. The maximum absolute atomic E-state index is 11.9. The van der Waals surface area contributed by atoms with Crippen molar-refractivity contribution >= 4 is 23.3 Å². The number of rotatable bonds is 8. The van der Waals surface area contributed by atoms with E-state index in [9.17, 15) is 4.79 Å². The smallest absolute Gasteiger partial charge is 0.306 e. The Kier molecular flexibility index (Phi) is 8.80. The molecular formula is C22H36N4O2S. The molecule has 0 amide bonds. The Morgan fingerprint density at radius 2 is 2.10 bits per heavy atom. The molecule has 2 fully saturated rings. The topological polar surface area (TPSA) is 66.0 Å². The van der Waals surface area contributed by atoms with E-state index in [0.717, 1.165) is 44.9 Å². The summed E-state index contributed by atoms with van der Waals surface area (Å²) in [7, 11) is 4.03. The fourth-order valence-electron chi connectivity index (χ4n) is 4.52. The highest BCUT2D eigenvalue weighted by Crippen LogP contribution is 2.36. The van der Waals surface area contributed by atoms with Gasteiger partial charge in [0.05, 0.1) is 0 Å². The monoisotopic (exact) mass is 420 g/mol. The van der Waals surface area contributed by atoms with E-state index < -0.39 is 0 Å². The average Bonchev–Trinajstić information content (AvgIpc) is 3.41. The molecule has 29 heavy (non-hydrogen) atoms. The molecule has 0 radical (unpaired) electrons. The molecule has 0 bridgehead atoms. The molecular weight excluding hydrogens is 384 g/mol. The minimum Gasteiger partial charge on any atom is -0.462 e. The number of nitrogens with zero attached hydrogens (tertiary/aromatic N) is 2. The molecule has 2 atom stereocenters. The minimum atomic E-state index is -0.0642. The fourth-order valence-corrected chi connectivity index (χ4v) is 5.50. The molecule has 0 spiro atoms. The van der Waals surface area contributed by atoms with Crippen molar-refractivity contribution in [2.24, 2.45) is 10.9 Å². The van der Waals surface area contributed by atoms with E-state index in [-0.39, 0.29) is 12.1 Å². The Labute approximate surface area is 179 Å². The van der Waals surface area contributed by atoms with Crippen molar-refractivity contribution in [1.29, 1.82) is 0 Å². The molecule has 2 unspecified atom stereocenters. The summed E-state index contributed by atoms with van der Waals surface area (Å²) in [6.07, 6.45) is 8.29. The van der Waals surface area contributed by atoms with Gasteiger partial charge in [-0.1, -0.05) is 6.07 Å². The minimum absolute atomic E-state index is 0.0642. The second kappa shape index (κ2) is 11.6. The predicted molar refractivity (Wildman–Crippen MR) is 119 cm³/mol. The number of nitrogens with one attached hydrogen (secondary N) is 2. The van der Waals surface area contributed by atoms with Crippen molar-refractivity contribution in [3.8, 4) is 0 Å². The molecule has 1 saturated carbocycles. The molecule has 1 aliphatic carbocycles. The Morgan fingerprint density at radius 3 is 2.83 bits per heavy atom. The lowest BCUT2D eigenvalue weighted by molar-refractivity contribution is -0.148. The summed E-state index contributed by atoms with van der Waals surface area (Å²) in [5, 5.41) is 9.01. The highest BCUT2D eigenvalue weighted by atomic mass is 32.1. The molecule has 2 heterocycles. The number of hydrogen-bond acceptors (Lipinski definition) is 5. The van der Waals surface area contributed by atoms with Crippen molar-refractivity contribution in [2.75, 3.05) is 33.7 Å².